The van der Waals surface area contributed by atoms with Crippen molar-refractivity contribution in [1.29, 1.82) is 0 Å². The van der Waals surface area contributed by atoms with Gasteiger partial charge in [-0.05, 0) is 50.7 Å². The van der Waals surface area contributed by atoms with Crippen molar-refractivity contribution in [2.75, 3.05) is 6.54 Å². The molecule has 0 amide bonds. The Balaban J connectivity index is 2.37. The summed E-state index contributed by atoms with van der Waals surface area (Å²) in [6, 6.07) is 7.55. The minimum Gasteiger partial charge on any atom is -0.459 e. The second-order valence-corrected chi connectivity index (χ2v) is 5.24. The third kappa shape index (κ3) is 6.82. The van der Waals surface area contributed by atoms with Gasteiger partial charge in [0.1, 0.15) is 5.60 Å². The highest BCUT2D eigenvalue weighted by Crippen LogP contribution is 2.12. The number of carbonyl (C=O) groups is 1. The number of hydrogen-bond donors (Lipinski definition) is 1. The normalized spacial score (nSPS) is 10.7. The molecular weight excluding hydrogens is 260 g/mol. The van der Waals surface area contributed by atoms with Gasteiger partial charge in [-0.2, -0.15) is 4.99 Å². The molecule has 1 N–H and O–H groups in total. The maximum Gasteiger partial charge on any atom is 0.320 e. The summed E-state index contributed by atoms with van der Waals surface area (Å²) in [7, 11) is 0. The van der Waals surface area contributed by atoms with E-state index in [1.807, 2.05) is 45.0 Å². The molecule has 5 heteroatoms. The summed E-state index contributed by atoms with van der Waals surface area (Å²) in [6.07, 6.45) is 0. The van der Waals surface area contributed by atoms with E-state index in [1.54, 1.807) is 0 Å². The van der Waals surface area contributed by atoms with Crippen LogP contribution in [0, 0.1) is 0 Å². The maximum absolute atomic E-state index is 11.5. The van der Waals surface area contributed by atoms with E-state index in [4.69, 9.17) is 4.74 Å². The zero-order valence-electron chi connectivity index (χ0n) is 11.4. The lowest BCUT2D eigenvalue weighted by Crippen LogP contribution is -2.31. The van der Waals surface area contributed by atoms with Crippen LogP contribution in [0.2, 0.25) is 0 Å². The summed E-state index contributed by atoms with van der Waals surface area (Å²) < 4.78 is 5.19. The first-order chi connectivity index (χ1) is 8.90. The molecule has 0 aromatic heterocycles. The van der Waals surface area contributed by atoms with E-state index in [-0.39, 0.29) is 12.5 Å². The highest BCUT2D eigenvalue weighted by molar-refractivity contribution is 7.78. The van der Waals surface area contributed by atoms with Crippen LogP contribution in [-0.4, -0.2) is 23.3 Å². The van der Waals surface area contributed by atoms with E-state index in [0.29, 0.717) is 6.54 Å². The van der Waals surface area contributed by atoms with Gasteiger partial charge in [-0.1, -0.05) is 12.1 Å². The molecule has 4 nitrogen and oxygen atoms in total. The molecule has 0 aliphatic carbocycles. The zero-order valence-corrected chi connectivity index (χ0v) is 12.2. The molecule has 0 atom stereocenters. The summed E-state index contributed by atoms with van der Waals surface area (Å²) >= 11 is 4.53. The predicted molar refractivity (Wildman–Crippen MR) is 78.7 cm³/mol. The molecule has 0 heterocycles. The van der Waals surface area contributed by atoms with Crippen molar-refractivity contribution >= 4 is 29.0 Å². The molecule has 0 aliphatic heterocycles. The monoisotopic (exact) mass is 278 g/mol. The first-order valence-corrected chi connectivity index (χ1v) is 6.41. The van der Waals surface area contributed by atoms with Gasteiger partial charge in [-0.3, -0.25) is 4.79 Å². The van der Waals surface area contributed by atoms with Crippen LogP contribution in [0.4, 0.5) is 5.69 Å². The lowest BCUT2D eigenvalue weighted by molar-refractivity contribution is -0.153. The second kappa shape index (κ2) is 7.14. The fourth-order valence-corrected chi connectivity index (χ4v) is 1.53. The van der Waals surface area contributed by atoms with Gasteiger partial charge >= 0.3 is 5.97 Å². The van der Waals surface area contributed by atoms with Gasteiger partial charge in [0.05, 0.1) is 17.4 Å². The van der Waals surface area contributed by atoms with Crippen LogP contribution in [0.1, 0.15) is 26.3 Å². The van der Waals surface area contributed by atoms with Crippen LogP contribution < -0.4 is 5.32 Å². The van der Waals surface area contributed by atoms with Crippen LogP contribution in [-0.2, 0) is 16.1 Å². The molecule has 0 bridgehead atoms. The summed E-state index contributed by atoms with van der Waals surface area (Å²) in [6.45, 7) is 6.33. The Morgan fingerprint density at radius 2 is 2.00 bits per heavy atom. The SMILES string of the molecule is CC(C)(C)OC(=O)CNCc1ccc(N=C=S)cc1. The van der Waals surface area contributed by atoms with E-state index in [1.165, 1.54) is 0 Å². The van der Waals surface area contributed by atoms with E-state index in [2.05, 4.69) is 27.7 Å². The predicted octanol–water partition coefficient (Wildman–Crippen LogP) is 2.85. The average Bonchev–Trinajstić information content (AvgIpc) is 2.29. The Labute approximate surface area is 118 Å². The van der Waals surface area contributed by atoms with Crippen molar-refractivity contribution in [3.63, 3.8) is 0 Å². The number of isothiocyanates is 1. The molecule has 0 unspecified atom stereocenters. The van der Waals surface area contributed by atoms with Crippen LogP contribution in [0.25, 0.3) is 0 Å². The largest absolute Gasteiger partial charge is 0.459 e. The topological polar surface area (TPSA) is 50.7 Å². The number of hydrogen-bond acceptors (Lipinski definition) is 5. The Bertz CT molecular complexity index is 471. The minimum atomic E-state index is -0.445. The van der Waals surface area contributed by atoms with Crippen LogP contribution >= 0.6 is 12.2 Å². The van der Waals surface area contributed by atoms with Crippen molar-refractivity contribution in [1.82, 2.24) is 5.32 Å². The van der Waals surface area contributed by atoms with Crippen molar-refractivity contribution in [3.8, 4) is 0 Å². The Kier molecular flexibility index (Phi) is 5.83. The van der Waals surface area contributed by atoms with E-state index >= 15 is 0 Å². The molecule has 19 heavy (non-hydrogen) atoms. The van der Waals surface area contributed by atoms with Gasteiger partial charge in [0.25, 0.3) is 0 Å². The van der Waals surface area contributed by atoms with Crippen LogP contribution in [0.5, 0.6) is 0 Å². The highest BCUT2D eigenvalue weighted by atomic mass is 32.1. The fraction of sp³-hybridized carbons (Fsp3) is 0.429. The Morgan fingerprint density at radius 3 is 2.53 bits per heavy atom. The quantitative estimate of drug-likeness (QED) is 0.511. The lowest BCUT2D eigenvalue weighted by Gasteiger charge is -2.19. The standard InChI is InChI=1S/C14H18N2O2S/c1-14(2,3)18-13(17)9-15-8-11-4-6-12(7-5-11)16-10-19/h4-7,15H,8-9H2,1-3H3. The first-order valence-electron chi connectivity index (χ1n) is 6.00. The van der Waals surface area contributed by atoms with Crippen molar-refractivity contribution in [2.24, 2.45) is 4.99 Å². The van der Waals surface area contributed by atoms with E-state index < -0.39 is 5.60 Å². The zero-order chi connectivity index (χ0) is 14.3. The molecule has 0 saturated carbocycles. The fourth-order valence-electron chi connectivity index (χ4n) is 1.43. The third-order valence-corrected chi connectivity index (χ3v) is 2.22. The number of thiocarbonyl (C=S) groups is 1. The number of rotatable bonds is 5. The van der Waals surface area contributed by atoms with Crippen LogP contribution in [0.3, 0.4) is 0 Å². The molecule has 0 saturated heterocycles. The number of nitrogens with zero attached hydrogens (tertiary/aromatic N) is 1. The number of nitrogens with one attached hydrogen (secondary N) is 1. The summed E-state index contributed by atoms with van der Waals surface area (Å²) in [5, 5.41) is 5.35. The number of ether oxygens (including phenoxy) is 1. The van der Waals surface area contributed by atoms with Gasteiger partial charge in [0.15, 0.2) is 0 Å². The maximum atomic E-state index is 11.5. The molecule has 1 rings (SSSR count). The summed E-state index contributed by atoms with van der Waals surface area (Å²) in [5.41, 5.74) is 1.39. The van der Waals surface area contributed by atoms with Gasteiger partial charge < -0.3 is 10.1 Å². The number of aliphatic imine (C=N–C) groups is 1. The Hall–Kier alpha value is -1.55. The second-order valence-electron chi connectivity index (χ2n) is 5.06. The molecule has 0 radical (unpaired) electrons. The lowest BCUT2D eigenvalue weighted by atomic mass is 10.2. The number of benzene rings is 1. The van der Waals surface area contributed by atoms with Gasteiger partial charge in [0.2, 0.25) is 0 Å². The number of carbonyl (C=O) groups excluding carboxylic acids is 1. The molecule has 0 aliphatic rings. The van der Waals surface area contributed by atoms with E-state index in [0.717, 1.165) is 11.3 Å². The average molecular weight is 278 g/mol. The van der Waals surface area contributed by atoms with Crippen molar-refractivity contribution < 1.29 is 9.53 Å². The van der Waals surface area contributed by atoms with Gasteiger partial charge in [-0.25, -0.2) is 0 Å². The van der Waals surface area contributed by atoms with Crippen molar-refractivity contribution in [2.45, 2.75) is 32.9 Å². The molecular formula is C14H18N2O2S. The minimum absolute atomic E-state index is 0.192. The van der Waals surface area contributed by atoms with Crippen molar-refractivity contribution in [3.05, 3.63) is 29.8 Å². The van der Waals surface area contributed by atoms with Gasteiger partial charge in [-0.15, -0.1) is 0 Å². The molecule has 1 aromatic rings. The summed E-state index contributed by atoms with van der Waals surface area (Å²) in [4.78, 5) is 15.3. The number of esters is 1. The van der Waals surface area contributed by atoms with Gasteiger partial charge in [0, 0.05) is 6.54 Å². The molecule has 0 spiro atoms. The molecule has 102 valence electrons. The molecule has 0 fully saturated rings. The molecule has 1 aromatic carbocycles. The summed E-state index contributed by atoms with van der Waals surface area (Å²) in [5.74, 6) is -0.255. The smallest absolute Gasteiger partial charge is 0.320 e. The first kappa shape index (κ1) is 15.5. The van der Waals surface area contributed by atoms with Crippen LogP contribution in [0.15, 0.2) is 29.3 Å². The van der Waals surface area contributed by atoms with E-state index in [9.17, 15) is 4.79 Å². The Morgan fingerprint density at radius 1 is 1.37 bits per heavy atom. The third-order valence-electron chi connectivity index (χ3n) is 2.13. The highest BCUT2D eigenvalue weighted by Gasteiger charge is 2.15.